The summed E-state index contributed by atoms with van der Waals surface area (Å²) in [6.07, 6.45) is -0.447. The Kier molecular flexibility index (Phi) is 7.77. The summed E-state index contributed by atoms with van der Waals surface area (Å²) in [5, 5.41) is 7.67. The molecule has 4 aromatic rings. The van der Waals surface area contributed by atoms with E-state index in [2.05, 4.69) is 15.6 Å². The fraction of sp³-hybridized carbons (Fsp3) is 0.107. The molecule has 0 bridgehead atoms. The molecule has 36 heavy (non-hydrogen) atoms. The van der Waals surface area contributed by atoms with Gasteiger partial charge in [-0.1, -0.05) is 72.8 Å². The summed E-state index contributed by atoms with van der Waals surface area (Å²) < 4.78 is 5.34. The van der Waals surface area contributed by atoms with Gasteiger partial charge in [0.05, 0.1) is 5.69 Å². The number of nitrogens with zero attached hydrogens (tertiary/aromatic N) is 1. The summed E-state index contributed by atoms with van der Waals surface area (Å²) in [7, 11) is 0. The second-order valence-electron chi connectivity index (χ2n) is 8.22. The molecule has 0 aliphatic carbocycles. The fourth-order valence-electron chi connectivity index (χ4n) is 3.70. The van der Waals surface area contributed by atoms with Gasteiger partial charge in [0, 0.05) is 12.1 Å². The van der Waals surface area contributed by atoms with Crippen LogP contribution in [0.25, 0.3) is 10.8 Å². The first-order valence-electron chi connectivity index (χ1n) is 11.4. The molecule has 0 aliphatic rings. The third-order valence-electron chi connectivity index (χ3n) is 5.47. The maximum absolute atomic E-state index is 13.2. The van der Waals surface area contributed by atoms with Crippen LogP contribution in [0.3, 0.4) is 0 Å². The third-order valence-corrected chi connectivity index (χ3v) is 5.47. The van der Waals surface area contributed by atoms with Crippen LogP contribution in [-0.4, -0.2) is 24.0 Å². The quantitative estimate of drug-likeness (QED) is 0.221. The standard InChI is InChI=1S/C28H27N5O3/c29-27(30)32-23-13-10-19(11-14-23)16-25(33-28(35)36-18-20-6-2-1-3-7-20)26(34)31-24-15-12-21-8-4-5-9-22(21)17-24/h1-15,17,25H,16,18H2,(H,31,34)(H,33,35)(H4,29,30,32). The molecule has 0 fully saturated rings. The Balaban J connectivity index is 1.48. The fourth-order valence-corrected chi connectivity index (χ4v) is 3.70. The van der Waals surface area contributed by atoms with Gasteiger partial charge in [0.1, 0.15) is 12.6 Å². The Morgan fingerprint density at radius 3 is 2.22 bits per heavy atom. The van der Waals surface area contributed by atoms with E-state index in [4.69, 9.17) is 16.2 Å². The predicted octanol–water partition coefficient (Wildman–Crippen LogP) is 4.22. The minimum atomic E-state index is -0.881. The molecule has 1 atom stereocenters. The molecule has 0 saturated carbocycles. The number of nitrogens with two attached hydrogens (primary N) is 2. The van der Waals surface area contributed by atoms with Crippen molar-refractivity contribution in [1.82, 2.24) is 5.32 Å². The lowest BCUT2D eigenvalue weighted by Crippen LogP contribution is -2.45. The summed E-state index contributed by atoms with van der Waals surface area (Å²) in [5.41, 5.74) is 13.7. The van der Waals surface area contributed by atoms with Gasteiger partial charge in [-0.15, -0.1) is 0 Å². The van der Waals surface area contributed by atoms with Gasteiger partial charge in [-0.25, -0.2) is 9.79 Å². The second kappa shape index (κ2) is 11.5. The summed E-state index contributed by atoms with van der Waals surface area (Å²) in [6.45, 7) is 0.0961. The predicted molar refractivity (Wildman–Crippen MR) is 142 cm³/mol. The van der Waals surface area contributed by atoms with E-state index in [0.29, 0.717) is 11.4 Å². The van der Waals surface area contributed by atoms with Crippen LogP contribution in [0, 0.1) is 0 Å². The number of nitrogens with one attached hydrogen (secondary N) is 2. The highest BCUT2D eigenvalue weighted by atomic mass is 16.5. The van der Waals surface area contributed by atoms with Crippen LogP contribution in [0.1, 0.15) is 11.1 Å². The van der Waals surface area contributed by atoms with E-state index in [9.17, 15) is 9.59 Å². The highest BCUT2D eigenvalue weighted by Gasteiger charge is 2.22. The number of amides is 2. The second-order valence-corrected chi connectivity index (χ2v) is 8.22. The zero-order chi connectivity index (χ0) is 25.3. The van der Waals surface area contributed by atoms with Crippen molar-refractivity contribution >= 4 is 40.1 Å². The summed E-state index contributed by atoms with van der Waals surface area (Å²) in [5.74, 6) is -0.409. The highest BCUT2D eigenvalue weighted by molar-refractivity contribution is 5.98. The Morgan fingerprint density at radius 1 is 0.806 bits per heavy atom. The highest BCUT2D eigenvalue weighted by Crippen LogP contribution is 2.20. The molecule has 2 amide bonds. The van der Waals surface area contributed by atoms with Crippen LogP contribution in [0.4, 0.5) is 16.2 Å². The van der Waals surface area contributed by atoms with Crippen molar-refractivity contribution in [3.63, 3.8) is 0 Å². The lowest BCUT2D eigenvalue weighted by Gasteiger charge is -2.19. The first-order valence-corrected chi connectivity index (χ1v) is 11.4. The molecule has 182 valence electrons. The van der Waals surface area contributed by atoms with Gasteiger partial charge in [-0.2, -0.15) is 0 Å². The number of carbonyl (C=O) groups excluding carboxylic acids is 2. The van der Waals surface area contributed by atoms with E-state index in [1.807, 2.05) is 72.8 Å². The van der Waals surface area contributed by atoms with Gasteiger partial charge in [0.25, 0.3) is 0 Å². The van der Waals surface area contributed by atoms with E-state index in [0.717, 1.165) is 21.9 Å². The number of rotatable bonds is 8. The molecule has 8 nitrogen and oxygen atoms in total. The molecule has 0 aromatic heterocycles. The minimum absolute atomic E-state index is 0.0433. The molecule has 0 aliphatic heterocycles. The molecule has 1 unspecified atom stereocenters. The number of hydrogen-bond acceptors (Lipinski definition) is 4. The smallest absolute Gasteiger partial charge is 0.408 e. The van der Waals surface area contributed by atoms with Crippen molar-refractivity contribution in [3.8, 4) is 0 Å². The van der Waals surface area contributed by atoms with Crippen molar-refractivity contribution < 1.29 is 14.3 Å². The van der Waals surface area contributed by atoms with Crippen molar-refractivity contribution in [1.29, 1.82) is 0 Å². The van der Waals surface area contributed by atoms with Gasteiger partial charge < -0.3 is 26.8 Å². The van der Waals surface area contributed by atoms with Gasteiger partial charge >= 0.3 is 6.09 Å². The van der Waals surface area contributed by atoms with Crippen molar-refractivity contribution in [2.24, 2.45) is 16.5 Å². The molecule has 6 N–H and O–H groups in total. The number of anilines is 1. The Morgan fingerprint density at radius 2 is 1.50 bits per heavy atom. The normalized spacial score (nSPS) is 11.3. The Labute approximate surface area is 209 Å². The largest absolute Gasteiger partial charge is 0.445 e. The summed E-state index contributed by atoms with van der Waals surface area (Å²) in [4.78, 5) is 29.8. The summed E-state index contributed by atoms with van der Waals surface area (Å²) >= 11 is 0. The van der Waals surface area contributed by atoms with Crippen molar-refractivity contribution in [3.05, 3.63) is 108 Å². The van der Waals surface area contributed by atoms with Crippen LogP contribution in [0.2, 0.25) is 0 Å². The number of alkyl carbamates (subject to hydrolysis) is 1. The molecule has 0 spiro atoms. The first-order chi connectivity index (χ1) is 17.5. The zero-order valence-electron chi connectivity index (χ0n) is 19.6. The maximum atomic E-state index is 13.2. The van der Waals surface area contributed by atoms with E-state index in [1.165, 1.54) is 0 Å². The first kappa shape index (κ1) is 24.3. The average molecular weight is 482 g/mol. The van der Waals surface area contributed by atoms with E-state index in [-0.39, 0.29) is 24.9 Å². The van der Waals surface area contributed by atoms with Crippen LogP contribution in [0.15, 0.2) is 102 Å². The molecule has 8 heteroatoms. The average Bonchev–Trinajstić information content (AvgIpc) is 2.88. The van der Waals surface area contributed by atoms with Gasteiger partial charge in [0.2, 0.25) is 5.91 Å². The van der Waals surface area contributed by atoms with Gasteiger partial charge in [-0.05, 0) is 46.2 Å². The number of benzene rings is 4. The lowest BCUT2D eigenvalue weighted by molar-refractivity contribution is -0.118. The van der Waals surface area contributed by atoms with Crippen LogP contribution < -0.4 is 22.1 Å². The Bertz CT molecular complexity index is 1370. The van der Waals surface area contributed by atoms with Crippen LogP contribution in [0.5, 0.6) is 0 Å². The number of ether oxygens (including phenoxy) is 1. The molecule has 4 aromatic carbocycles. The molecule has 0 heterocycles. The molecule has 0 saturated heterocycles. The zero-order valence-corrected chi connectivity index (χ0v) is 19.6. The van der Waals surface area contributed by atoms with E-state index >= 15 is 0 Å². The number of guanidine groups is 1. The molecule has 0 radical (unpaired) electrons. The number of aliphatic imine (C=N–C) groups is 1. The maximum Gasteiger partial charge on any atom is 0.408 e. The van der Waals surface area contributed by atoms with E-state index in [1.54, 1.807) is 24.3 Å². The lowest BCUT2D eigenvalue weighted by atomic mass is 10.0. The molecular weight excluding hydrogens is 454 g/mol. The number of carbonyl (C=O) groups is 2. The number of hydrogen-bond donors (Lipinski definition) is 4. The monoisotopic (exact) mass is 481 g/mol. The van der Waals surface area contributed by atoms with Crippen molar-refractivity contribution in [2.45, 2.75) is 19.1 Å². The number of fused-ring (bicyclic) bond motifs is 1. The third kappa shape index (κ3) is 6.83. The topological polar surface area (TPSA) is 132 Å². The van der Waals surface area contributed by atoms with Crippen molar-refractivity contribution in [2.75, 3.05) is 5.32 Å². The van der Waals surface area contributed by atoms with Gasteiger partial charge in [-0.3, -0.25) is 4.79 Å². The molecule has 4 rings (SSSR count). The van der Waals surface area contributed by atoms with Crippen LogP contribution >= 0.6 is 0 Å². The minimum Gasteiger partial charge on any atom is -0.445 e. The summed E-state index contributed by atoms with van der Waals surface area (Å²) in [6, 6.07) is 29.0. The Hall–Kier alpha value is -4.85. The SMILES string of the molecule is NC(N)=Nc1ccc(CC(NC(=O)OCc2ccccc2)C(=O)Nc2ccc3ccccc3c2)cc1. The van der Waals surface area contributed by atoms with Crippen LogP contribution in [-0.2, 0) is 22.6 Å². The van der Waals surface area contributed by atoms with E-state index < -0.39 is 12.1 Å². The molecular formula is C28H27N5O3. The van der Waals surface area contributed by atoms with Gasteiger partial charge in [0.15, 0.2) is 5.96 Å².